The van der Waals surface area contributed by atoms with Crippen LogP contribution < -0.4 is 26.1 Å². The lowest BCUT2D eigenvalue weighted by Gasteiger charge is -2.43. The summed E-state index contributed by atoms with van der Waals surface area (Å²) in [6.45, 7) is 11.7. The number of rotatable bonds is 13. The number of nitrogens with one attached hydrogen (secondary N) is 1. The van der Waals surface area contributed by atoms with Crippen molar-refractivity contribution >= 4 is 36.6 Å². The molecule has 0 amide bonds. The molecule has 3 nitrogen and oxygen atoms in total. The molecule has 0 aliphatic rings. The summed E-state index contributed by atoms with van der Waals surface area (Å²) in [5, 5.41) is 7.67. The molecule has 0 aliphatic heterocycles. The Morgan fingerprint density at radius 3 is 1.49 bits per heavy atom. The van der Waals surface area contributed by atoms with Gasteiger partial charge in [-0.05, 0) is 57.6 Å². The monoisotopic (exact) mass is 629 g/mol. The SMILES string of the molecule is C=C[C@@H](CCO[Si](c1ccccc1)(c1ccccc1)C(C)(C)C)[C@H](NP(=O)(c1ccccc1)c1ccccc1)c1ccccc1. The Balaban J connectivity index is 1.52. The third-order valence-electron chi connectivity index (χ3n) is 8.64. The van der Waals surface area contributed by atoms with Gasteiger partial charge in [0.1, 0.15) is 0 Å². The molecule has 0 spiro atoms. The van der Waals surface area contributed by atoms with E-state index in [2.05, 4.69) is 105 Å². The fourth-order valence-electron chi connectivity index (χ4n) is 6.38. The Labute approximate surface area is 270 Å². The molecule has 230 valence electrons. The normalized spacial score (nSPS) is 13.6. The molecule has 0 unspecified atom stereocenters. The van der Waals surface area contributed by atoms with Gasteiger partial charge in [0, 0.05) is 23.3 Å². The van der Waals surface area contributed by atoms with E-state index in [1.54, 1.807) is 0 Å². The van der Waals surface area contributed by atoms with Crippen molar-refractivity contribution in [3.8, 4) is 0 Å². The van der Waals surface area contributed by atoms with Gasteiger partial charge in [0.25, 0.3) is 8.32 Å². The zero-order chi connectivity index (χ0) is 31.8. The second-order valence-corrected chi connectivity index (χ2v) is 19.3. The van der Waals surface area contributed by atoms with Crippen molar-refractivity contribution in [2.24, 2.45) is 5.92 Å². The van der Waals surface area contributed by atoms with Crippen molar-refractivity contribution in [1.29, 1.82) is 0 Å². The van der Waals surface area contributed by atoms with Crippen LogP contribution in [0.15, 0.2) is 164 Å². The number of hydrogen-bond acceptors (Lipinski definition) is 2. The van der Waals surface area contributed by atoms with Crippen LogP contribution in [0.4, 0.5) is 0 Å². The summed E-state index contributed by atoms with van der Waals surface area (Å²) in [7, 11) is -5.93. The van der Waals surface area contributed by atoms with Crippen molar-refractivity contribution in [1.82, 2.24) is 5.09 Å². The first-order valence-electron chi connectivity index (χ1n) is 15.7. The second kappa shape index (κ2) is 14.5. The van der Waals surface area contributed by atoms with E-state index >= 15 is 4.57 Å². The first kappa shape index (κ1) is 32.6. The molecule has 0 saturated heterocycles. The summed E-state index contributed by atoms with van der Waals surface area (Å²) < 4.78 is 22.5. The molecule has 0 radical (unpaired) electrons. The highest BCUT2D eigenvalue weighted by Gasteiger charge is 2.50. The van der Waals surface area contributed by atoms with Crippen LogP contribution in [0, 0.1) is 5.92 Å². The van der Waals surface area contributed by atoms with Gasteiger partial charge < -0.3 is 4.43 Å². The summed E-state index contributed by atoms with van der Waals surface area (Å²) in [6, 6.07) is 51.1. The lowest BCUT2D eigenvalue weighted by Crippen LogP contribution is -2.66. The topological polar surface area (TPSA) is 38.3 Å². The molecule has 0 fully saturated rings. The maximum Gasteiger partial charge on any atom is 0.261 e. The van der Waals surface area contributed by atoms with Gasteiger partial charge in [0.2, 0.25) is 7.29 Å². The van der Waals surface area contributed by atoms with E-state index < -0.39 is 15.6 Å². The highest BCUT2D eigenvalue weighted by atomic mass is 31.2. The third-order valence-corrected chi connectivity index (χ3v) is 16.4. The Morgan fingerprint density at radius 1 is 0.689 bits per heavy atom. The number of benzene rings is 5. The van der Waals surface area contributed by atoms with Gasteiger partial charge in [-0.3, -0.25) is 9.65 Å². The van der Waals surface area contributed by atoms with E-state index in [1.807, 2.05) is 84.9 Å². The molecule has 0 saturated carbocycles. The van der Waals surface area contributed by atoms with Gasteiger partial charge in [-0.25, -0.2) is 0 Å². The predicted molar refractivity (Wildman–Crippen MR) is 194 cm³/mol. The van der Waals surface area contributed by atoms with Gasteiger partial charge in [-0.15, -0.1) is 6.58 Å². The first-order chi connectivity index (χ1) is 21.8. The largest absolute Gasteiger partial charge is 0.407 e. The van der Waals surface area contributed by atoms with Crippen LogP contribution >= 0.6 is 7.29 Å². The van der Waals surface area contributed by atoms with E-state index in [-0.39, 0.29) is 17.0 Å². The molecule has 5 aromatic carbocycles. The van der Waals surface area contributed by atoms with Crippen molar-refractivity contribution in [2.45, 2.75) is 38.3 Å². The molecule has 2 atom stereocenters. The maximum absolute atomic E-state index is 15.2. The Hall–Kier alpha value is -3.79. The molecule has 0 aliphatic carbocycles. The van der Waals surface area contributed by atoms with Gasteiger partial charge in [0.05, 0.1) is 0 Å². The summed E-state index contributed by atoms with van der Waals surface area (Å²) >= 11 is 0. The standard InChI is InChI=1S/C40H44NO2PSi/c1-5-33(31-32-43-45(40(2,3)4,37-27-17-9-18-28-37)38-29-19-10-20-30-38)39(34-21-11-6-12-22-34)41-44(42,35-23-13-7-14-24-35)36-25-15-8-16-26-36/h5-30,33,39H,1,31-32H2,2-4H3,(H,41,42)/t33-,39-/m0/s1. The van der Waals surface area contributed by atoms with Crippen molar-refractivity contribution in [3.63, 3.8) is 0 Å². The van der Waals surface area contributed by atoms with Gasteiger partial charge >= 0.3 is 0 Å². The van der Waals surface area contributed by atoms with Crippen molar-refractivity contribution < 1.29 is 8.99 Å². The molecule has 45 heavy (non-hydrogen) atoms. The van der Waals surface area contributed by atoms with E-state index in [9.17, 15) is 0 Å². The van der Waals surface area contributed by atoms with Crippen molar-refractivity contribution in [2.75, 3.05) is 6.61 Å². The highest BCUT2D eigenvalue weighted by molar-refractivity contribution is 7.76. The van der Waals surface area contributed by atoms with Crippen molar-refractivity contribution in [3.05, 3.63) is 170 Å². The van der Waals surface area contributed by atoms with Gasteiger partial charge in [-0.1, -0.05) is 154 Å². The molecule has 0 bridgehead atoms. The summed E-state index contributed by atoms with van der Waals surface area (Å²) in [6.07, 6.45) is 2.71. The van der Waals surface area contributed by atoms with E-state index in [1.165, 1.54) is 10.4 Å². The fourth-order valence-corrected chi connectivity index (χ4v) is 13.5. The van der Waals surface area contributed by atoms with Gasteiger partial charge in [-0.2, -0.15) is 0 Å². The quantitative estimate of drug-likeness (QED) is 0.0815. The first-order valence-corrected chi connectivity index (χ1v) is 19.3. The minimum absolute atomic E-state index is 0.0497. The summed E-state index contributed by atoms with van der Waals surface area (Å²) in [4.78, 5) is 0. The Bertz CT molecular complexity index is 1590. The van der Waals surface area contributed by atoms with Crippen LogP contribution in [0.25, 0.3) is 0 Å². The minimum Gasteiger partial charge on any atom is -0.407 e. The molecular formula is C40H44NO2PSi. The Morgan fingerprint density at radius 2 is 1.09 bits per heavy atom. The fraction of sp³-hybridized carbons (Fsp3) is 0.200. The highest BCUT2D eigenvalue weighted by Crippen LogP contribution is 2.44. The molecule has 5 aromatic rings. The molecule has 1 N–H and O–H groups in total. The lowest BCUT2D eigenvalue weighted by molar-refractivity contribution is 0.263. The molecule has 0 heterocycles. The zero-order valence-corrected chi connectivity index (χ0v) is 28.4. The average Bonchev–Trinajstić information content (AvgIpc) is 3.09. The predicted octanol–water partition coefficient (Wildman–Crippen LogP) is 8.02. The average molecular weight is 630 g/mol. The number of hydrogen-bond donors (Lipinski definition) is 1. The second-order valence-electron chi connectivity index (χ2n) is 12.5. The van der Waals surface area contributed by atoms with Crippen LogP contribution in [0.2, 0.25) is 5.04 Å². The van der Waals surface area contributed by atoms with Crippen LogP contribution in [-0.4, -0.2) is 14.9 Å². The molecule has 5 heteroatoms. The van der Waals surface area contributed by atoms with Crippen LogP contribution in [0.1, 0.15) is 38.8 Å². The van der Waals surface area contributed by atoms with E-state index in [0.29, 0.717) is 13.0 Å². The molecular weight excluding hydrogens is 586 g/mol. The summed E-state index contributed by atoms with van der Waals surface area (Å²) in [5.41, 5.74) is 1.07. The third kappa shape index (κ3) is 7.06. The minimum atomic E-state index is -3.23. The summed E-state index contributed by atoms with van der Waals surface area (Å²) in [5.74, 6) is -0.0497. The smallest absolute Gasteiger partial charge is 0.261 e. The van der Waals surface area contributed by atoms with E-state index in [0.717, 1.165) is 16.2 Å². The maximum atomic E-state index is 15.2. The van der Waals surface area contributed by atoms with Crippen LogP contribution in [0.3, 0.4) is 0 Å². The lowest BCUT2D eigenvalue weighted by atomic mass is 9.91. The zero-order valence-electron chi connectivity index (χ0n) is 26.6. The molecule has 0 aromatic heterocycles. The molecule has 5 rings (SSSR count). The van der Waals surface area contributed by atoms with Gasteiger partial charge in [0.15, 0.2) is 0 Å². The Kier molecular flexibility index (Phi) is 10.5. The van der Waals surface area contributed by atoms with Crippen LogP contribution in [0.5, 0.6) is 0 Å². The van der Waals surface area contributed by atoms with Crippen LogP contribution in [-0.2, 0) is 8.99 Å². The van der Waals surface area contributed by atoms with E-state index in [4.69, 9.17) is 4.43 Å².